The molecule has 1 aromatic heterocycles. The third-order valence-corrected chi connectivity index (χ3v) is 5.99. The van der Waals surface area contributed by atoms with Gasteiger partial charge in [-0.05, 0) is 36.8 Å². The van der Waals surface area contributed by atoms with Gasteiger partial charge in [-0.3, -0.25) is 4.79 Å². The number of benzene rings is 3. The average molecular weight is 389 g/mol. The number of aryl methyl sites for hydroxylation is 1. The maximum absolute atomic E-state index is 12.4. The van der Waals surface area contributed by atoms with Crippen LogP contribution in [0.1, 0.15) is 18.9 Å². The smallest absolute Gasteiger partial charge is 0.225 e. The Labute approximate surface area is 169 Å². The van der Waals surface area contributed by atoms with Crippen molar-refractivity contribution >= 4 is 45.2 Å². The number of anilines is 1. The van der Waals surface area contributed by atoms with E-state index in [-0.39, 0.29) is 5.91 Å². The lowest BCUT2D eigenvalue weighted by atomic mass is 10.1. The van der Waals surface area contributed by atoms with E-state index in [1.165, 1.54) is 27.4 Å². The van der Waals surface area contributed by atoms with E-state index in [2.05, 4.69) is 65.3 Å². The summed E-state index contributed by atoms with van der Waals surface area (Å²) in [5.41, 5.74) is 4.61. The summed E-state index contributed by atoms with van der Waals surface area (Å²) in [5.74, 6) is 1.83. The van der Waals surface area contributed by atoms with Crippen molar-refractivity contribution in [3.05, 3.63) is 78.4 Å². The lowest BCUT2D eigenvalue weighted by Gasteiger charge is -2.07. The van der Waals surface area contributed by atoms with Gasteiger partial charge in [0.25, 0.3) is 0 Å². The van der Waals surface area contributed by atoms with Crippen molar-refractivity contribution < 1.29 is 4.79 Å². The molecule has 1 N–H and O–H groups in total. The number of thioether (sulfide) groups is 1. The monoisotopic (exact) mass is 388 g/mol. The molecule has 1 amide bonds. The summed E-state index contributed by atoms with van der Waals surface area (Å²) in [6.45, 7) is 3.09. The van der Waals surface area contributed by atoms with Crippen LogP contribution in [0.4, 0.5) is 5.69 Å². The summed E-state index contributed by atoms with van der Waals surface area (Å²) >= 11 is 1.79. The average Bonchev–Trinajstić information content (AvgIpc) is 3.05. The number of carbonyl (C=O) groups is 1. The van der Waals surface area contributed by atoms with E-state index in [9.17, 15) is 4.79 Å². The van der Waals surface area contributed by atoms with Crippen molar-refractivity contribution in [2.75, 3.05) is 11.1 Å². The van der Waals surface area contributed by atoms with Gasteiger partial charge < -0.3 is 9.88 Å². The minimum absolute atomic E-state index is 0.0686. The Balaban J connectivity index is 1.42. The van der Waals surface area contributed by atoms with Gasteiger partial charge in [-0.25, -0.2) is 0 Å². The molecular formula is C24H24N2OS. The molecule has 3 nitrogen and oxygen atoms in total. The summed E-state index contributed by atoms with van der Waals surface area (Å²) in [6.07, 6.45) is 0.520. The summed E-state index contributed by atoms with van der Waals surface area (Å²) < 4.78 is 2.32. The maximum atomic E-state index is 12.4. The highest BCUT2D eigenvalue weighted by Gasteiger charge is 2.10. The van der Waals surface area contributed by atoms with Crippen molar-refractivity contribution in [3.8, 4) is 0 Å². The highest BCUT2D eigenvalue weighted by Crippen LogP contribution is 2.31. The number of para-hydroxylation sites is 1. The molecule has 0 fully saturated rings. The zero-order chi connectivity index (χ0) is 19.3. The number of hydrogen-bond donors (Lipinski definition) is 1. The second-order valence-electron chi connectivity index (χ2n) is 6.83. The van der Waals surface area contributed by atoms with Crippen LogP contribution in [0.15, 0.2) is 72.8 Å². The lowest BCUT2D eigenvalue weighted by Crippen LogP contribution is -2.12. The molecule has 0 bridgehead atoms. The molecule has 0 aliphatic rings. The number of amides is 1. The zero-order valence-electron chi connectivity index (χ0n) is 16.0. The van der Waals surface area contributed by atoms with Crippen LogP contribution in [-0.4, -0.2) is 16.2 Å². The Bertz CT molecular complexity index is 1100. The molecule has 28 heavy (non-hydrogen) atoms. The van der Waals surface area contributed by atoms with Crippen LogP contribution in [-0.2, 0) is 17.1 Å². The Morgan fingerprint density at radius 2 is 1.68 bits per heavy atom. The van der Waals surface area contributed by atoms with Crippen LogP contribution in [0.2, 0.25) is 0 Å². The second-order valence-corrected chi connectivity index (χ2v) is 7.93. The minimum Gasteiger partial charge on any atom is -0.341 e. The minimum atomic E-state index is 0.0686. The largest absolute Gasteiger partial charge is 0.341 e. The molecule has 0 spiro atoms. The maximum Gasteiger partial charge on any atom is 0.225 e. The van der Waals surface area contributed by atoms with Crippen molar-refractivity contribution in [3.63, 3.8) is 0 Å². The molecule has 1 heterocycles. The Morgan fingerprint density at radius 1 is 0.929 bits per heavy atom. The fourth-order valence-electron chi connectivity index (χ4n) is 3.62. The highest BCUT2D eigenvalue weighted by molar-refractivity contribution is 7.98. The first-order valence-corrected chi connectivity index (χ1v) is 10.8. The van der Waals surface area contributed by atoms with E-state index in [0.29, 0.717) is 6.42 Å². The van der Waals surface area contributed by atoms with E-state index in [1.807, 2.05) is 24.3 Å². The molecule has 0 aliphatic heterocycles. The summed E-state index contributed by atoms with van der Waals surface area (Å²) in [7, 11) is 0. The highest BCUT2D eigenvalue weighted by atomic mass is 32.2. The van der Waals surface area contributed by atoms with Crippen LogP contribution in [0.3, 0.4) is 0 Å². The summed E-state index contributed by atoms with van der Waals surface area (Å²) in [6, 6.07) is 25.0. The first-order valence-electron chi connectivity index (χ1n) is 9.69. The number of aromatic nitrogens is 1. The van der Waals surface area contributed by atoms with E-state index < -0.39 is 0 Å². The molecule has 0 aliphatic carbocycles. The molecule has 0 saturated heterocycles. The van der Waals surface area contributed by atoms with Crippen molar-refractivity contribution in [2.24, 2.45) is 0 Å². The molecule has 4 rings (SSSR count). The molecule has 0 radical (unpaired) electrons. The van der Waals surface area contributed by atoms with Crippen LogP contribution in [0.25, 0.3) is 21.8 Å². The Kier molecular flexibility index (Phi) is 5.68. The molecule has 4 aromatic rings. The third kappa shape index (κ3) is 3.92. The van der Waals surface area contributed by atoms with Gasteiger partial charge in [0.2, 0.25) is 5.91 Å². The molecule has 4 heteroatoms. The molecule has 0 atom stereocenters. The number of rotatable bonds is 7. The van der Waals surface area contributed by atoms with Gasteiger partial charge in [-0.2, -0.15) is 11.8 Å². The van der Waals surface area contributed by atoms with Crippen LogP contribution in [0.5, 0.6) is 0 Å². The number of fused-ring (bicyclic) bond motifs is 3. The Hall–Kier alpha value is -2.72. The number of nitrogens with one attached hydrogen (secondary N) is 1. The topological polar surface area (TPSA) is 34.0 Å². The van der Waals surface area contributed by atoms with Crippen molar-refractivity contribution in [1.82, 2.24) is 4.57 Å². The van der Waals surface area contributed by atoms with Gasteiger partial charge in [0.15, 0.2) is 0 Å². The van der Waals surface area contributed by atoms with E-state index in [4.69, 9.17) is 0 Å². The first kappa shape index (κ1) is 18.6. The molecule has 3 aromatic carbocycles. The van der Waals surface area contributed by atoms with Gasteiger partial charge in [0.05, 0.1) is 0 Å². The standard InChI is InChI=1S/C24H24N2OS/c1-2-26-22-11-7-6-10-20(22)21-16-19(12-13-23(21)26)25-24(27)14-15-28-17-18-8-4-3-5-9-18/h3-13,16H,2,14-15,17H2,1H3,(H,25,27). The number of nitrogens with zero attached hydrogens (tertiary/aromatic N) is 1. The third-order valence-electron chi connectivity index (χ3n) is 4.96. The van der Waals surface area contributed by atoms with Gasteiger partial charge in [-0.15, -0.1) is 0 Å². The van der Waals surface area contributed by atoms with E-state index >= 15 is 0 Å². The number of carbonyl (C=O) groups excluding carboxylic acids is 1. The lowest BCUT2D eigenvalue weighted by molar-refractivity contribution is -0.115. The van der Waals surface area contributed by atoms with Gasteiger partial charge in [0.1, 0.15) is 0 Å². The molecule has 0 unspecified atom stereocenters. The summed E-state index contributed by atoms with van der Waals surface area (Å²) in [4.78, 5) is 12.4. The molecular weight excluding hydrogens is 364 g/mol. The van der Waals surface area contributed by atoms with Crippen molar-refractivity contribution in [1.29, 1.82) is 0 Å². The predicted octanol–water partition coefficient (Wildman–Crippen LogP) is 6.08. The van der Waals surface area contributed by atoms with E-state index in [0.717, 1.165) is 23.7 Å². The van der Waals surface area contributed by atoms with Gasteiger partial charge in [-0.1, -0.05) is 48.5 Å². The molecule has 142 valence electrons. The second kappa shape index (κ2) is 8.53. The fourth-order valence-corrected chi connectivity index (χ4v) is 4.53. The van der Waals surface area contributed by atoms with Crippen LogP contribution < -0.4 is 5.32 Å². The van der Waals surface area contributed by atoms with E-state index in [1.54, 1.807) is 11.8 Å². The van der Waals surface area contributed by atoms with Crippen LogP contribution >= 0.6 is 11.8 Å². The van der Waals surface area contributed by atoms with Crippen LogP contribution in [0, 0.1) is 0 Å². The van der Waals surface area contributed by atoms with Gasteiger partial charge in [0, 0.05) is 52.0 Å². The van der Waals surface area contributed by atoms with Gasteiger partial charge >= 0.3 is 0 Å². The van der Waals surface area contributed by atoms with Crippen molar-refractivity contribution in [2.45, 2.75) is 25.6 Å². The Morgan fingerprint density at radius 3 is 2.50 bits per heavy atom. The zero-order valence-corrected chi connectivity index (χ0v) is 16.8. The fraction of sp³-hybridized carbons (Fsp3) is 0.208. The molecule has 0 saturated carbocycles. The normalized spacial score (nSPS) is 11.2. The SMILES string of the molecule is CCn1c2ccccc2c2cc(NC(=O)CCSCc3ccccc3)ccc21. The quantitative estimate of drug-likeness (QED) is 0.390. The summed E-state index contributed by atoms with van der Waals surface area (Å²) in [5, 5.41) is 5.48. The predicted molar refractivity (Wildman–Crippen MR) is 121 cm³/mol. The number of hydrogen-bond acceptors (Lipinski definition) is 2. The first-order chi connectivity index (χ1) is 13.8.